The molecule has 7 nitrogen and oxygen atoms in total. The summed E-state index contributed by atoms with van der Waals surface area (Å²) < 4.78 is 4.49. The van der Waals surface area contributed by atoms with Crippen molar-refractivity contribution in [3.63, 3.8) is 0 Å². The van der Waals surface area contributed by atoms with Gasteiger partial charge >= 0.3 is 5.97 Å². The van der Waals surface area contributed by atoms with Crippen molar-refractivity contribution in [2.75, 3.05) is 7.11 Å². The van der Waals surface area contributed by atoms with Gasteiger partial charge in [0.2, 0.25) is 0 Å². The smallest absolute Gasteiger partial charge is 0.338 e. The maximum atomic E-state index is 11.4. The molecular weight excluding hydrogens is 276 g/mol. The number of carbonyl (C=O) groups excluding carboxylic acids is 2. The average molecular weight is 288 g/mol. The fraction of sp³-hybridized carbons (Fsp3) is 0.214. The summed E-state index contributed by atoms with van der Waals surface area (Å²) in [6, 6.07) is 5.59. The van der Waals surface area contributed by atoms with Crippen LogP contribution >= 0.6 is 0 Å². The van der Waals surface area contributed by atoms with E-state index in [1.165, 1.54) is 32.2 Å². The summed E-state index contributed by atoms with van der Waals surface area (Å²) in [6.07, 6.45) is 1.13. The molecule has 0 aliphatic rings. The molecule has 0 N–H and O–H groups in total. The highest BCUT2D eigenvalue weighted by molar-refractivity contribution is 5.99. The molecule has 1 rings (SSSR count). The number of benzene rings is 1. The predicted octanol–water partition coefficient (Wildman–Crippen LogP) is 2.27. The van der Waals surface area contributed by atoms with Gasteiger partial charge in [0.05, 0.1) is 35.7 Å². The number of allylic oxidation sites excluding steroid dienone is 1. The SMILES string of the molecule is COC(=O)c1ccc(/C=C(\CC#N)C(C)=O)c([N+](=O)[O-])c1. The van der Waals surface area contributed by atoms with E-state index in [9.17, 15) is 19.7 Å². The summed E-state index contributed by atoms with van der Waals surface area (Å²) in [4.78, 5) is 33.2. The molecule has 0 radical (unpaired) electrons. The Hall–Kier alpha value is -3.01. The second-order valence-electron chi connectivity index (χ2n) is 4.08. The van der Waals surface area contributed by atoms with Crippen molar-refractivity contribution in [2.45, 2.75) is 13.3 Å². The lowest BCUT2D eigenvalue weighted by Crippen LogP contribution is -2.03. The van der Waals surface area contributed by atoms with Gasteiger partial charge in [-0.3, -0.25) is 14.9 Å². The molecule has 0 bridgehead atoms. The van der Waals surface area contributed by atoms with E-state index in [0.29, 0.717) is 0 Å². The third-order valence-corrected chi connectivity index (χ3v) is 2.70. The molecule has 0 atom stereocenters. The number of Topliss-reactive ketones (excluding diaryl/α,β-unsaturated/α-hetero) is 1. The van der Waals surface area contributed by atoms with Crippen LogP contribution in [0.15, 0.2) is 23.8 Å². The van der Waals surface area contributed by atoms with Gasteiger partial charge in [0, 0.05) is 11.6 Å². The normalized spacial score (nSPS) is 10.6. The molecule has 0 aliphatic heterocycles. The molecule has 21 heavy (non-hydrogen) atoms. The summed E-state index contributed by atoms with van der Waals surface area (Å²) in [6.45, 7) is 1.28. The van der Waals surface area contributed by atoms with Crippen molar-refractivity contribution >= 4 is 23.5 Å². The number of nitrogens with zero attached hydrogens (tertiary/aromatic N) is 2. The van der Waals surface area contributed by atoms with Crippen LogP contribution in [0.4, 0.5) is 5.69 Å². The van der Waals surface area contributed by atoms with Gasteiger partial charge < -0.3 is 4.74 Å². The first-order chi connectivity index (χ1) is 9.90. The Bertz CT molecular complexity index is 670. The topological polar surface area (TPSA) is 110 Å². The summed E-state index contributed by atoms with van der Waals surface area (Å²) >= 11 is 0. The number of hydrogen-bond donors (Lipinski definition) is 0. The molecule has 0 saturated carbocycles. The Morgan fingerprint density at radius 2 is 2.14 bits per heavy atom. The molecule has 0 saturated heterocycles. The highest BCUT2D eigenvalue weighted by Crippen LogP contribution is 2.24. The summed E-state index contributed by atoms with van der Waals surface area (Å²) in [5.41, 5.74) is 0.000110. The molecule has 0 aromatic heterocycles. The fourth-order valence-corrected chi connectivity index (χ4v) is 1.62. The second-order valence-corrected chi connectivity index (χ2v) is 4.08. The van der Waals surface area contributed by atoms with Crippen LogP contribution < -0.4 is 0 Å². The van der Waals surface area contributed by atoms with E-state index in [0.717, 1.165) is 6.07 Å². The zero-order valence-electron chi connectivity index (χ0n) is 11.5. The van der Waals surface area contributed by atoms with Gasteiger partial charge in [0.15, 0.2) is 5.78 Å². The molecule has 0 heterocycles. The molecule has 0 fully saturated rings. The van der Waals surface area contributed by atoms with Crippen molar-refractivity contribution < 1.29 is 19.2 Å². The molecule has 1 aromatic rings. The number of nitriles is 1. The highest BCUT2D eigenvalue weighted by Gasteiger charge is 2.17. The number of nitro groups is 1. The lowest BCUT2D eigenvalue weighted by atomic mass is 10.0. The quantitative estimate of drug-likeness (QED) is 0.355. The number of nitro benzene ring substituents is 1. The lowest BCUT2D eigenvalue weighted by molar-refractivity contribution is -0.385. The van der Waals surface area contributed by atoms with E-state index in [2.05, 4.69) is 4.74 Å². The first kappa shape index (κ1) is 16.0. The number of esters is 1. The lowest BCUT2D eigenvalue weighted by Gasteiger charge is -2.03. The van der Waals surface area contributed by atoms with Crippen LogP contribution in [0, 0.1) is 21.4 Å². The average Bonchev–Trinajstić information content (AvgIpc) is 2.45. The molecule has 0 spiro atoms. The first-order valence-electron chi connectivity index (χ1n) is 5.86. The van der Waals surface area contributed by atoms with Crippen LogP contribution in [0.1, 0.15) is 29.3 Å². The minimum atomic E-state index is -0.697. The number of hydrogen-bond acceptors (Lipinski definition) is 6. The van der Waals surface area contributed by atoms with Gasteiger partial charge in [-0.05, 0) is 25.1 Å². The molecule has 108 valence electrons. The number of ether oxygens (including phenoxy) is 1. The summed E-state index contributed by atoms with van der Waals surface area (Å²) in [5, 5.41) is 19.7. The second kappa shape index (κ2) is 6.96. The number of rotatable bonds is 5. The van der Waals surface area contributed by atoms with E-state index in [-0.39, 0.29) is 34.6 Å². The molecular formula is C14H12N2O5. The van der Waals surface area contributed by atoms with Crippen molar-refractivity contribution in [1.82, 2.24) is 0 Å². The maximum absolute atomic E-state index is 11.4. The molecule has 7 heteroatoms. The van der Waals surface area contributed by atoms with Crippen LogP contribution in [0.2, 0.25) is 0 Å². The Morgan fingerprint density at radius 1 is 1.48 bits per heavy atom. The van der Waals surface area contributed by atoms with Gasteiger partial charge in [0.25, 0.3) is 5.69 Å². The summed E-state index contributed by atoms with van der Waals surface area (Å²) in [7, 11) is 1.17. The highest BCUT2D eigenvalue weighted by atomic mass is 16.6. The van der Waals surface area contributed by atoms with E-state index in [1.54, 1.807) is 0 Å². The van der Waals surface area contributed by atoms with Crippen LogP contribution in [-0.4, -0.2) is 23.8 Å². The van der Waals surface area contributed by atoms with E-state index < -0.39 is 10.9 Å². The van der Waals surface area contributed by atoms with E-state index in [1.807, 2.05) is 6.07 Å². The van der Waals surface area contributed by atoms with Crippen molar-refractivity contribution in [3.8, 4) is 6.07 Å². The van der Waals surface area contributed by atoms with Crippen LogP contribution in [0.5, 0.6) is 0 Å². The van der Waals surface area contributed by atoms with Crippen molar-refractivity contribution in [3.05, 3.63) is 45.0 Å². The molecule has 0 aliphatic carbocycles. The number of carbonyl (C=O) groups is 2. The van der Waals surface area contributed by atoms with Crippen LogP contribution in [-0.2, 0) is 9.53 Å². The van der Waals surface area contributed by atoms with Crippen molar-refractivity contribution in [2.24, 2.45) is 0 Å². The monoisotopic (exact) mass is 288 g/mol. The zero-order valence-corrected chi connectivity index (χ0v) is 11.5. The zero-order chi connectivity index (χ0) is 16.0. The van der Waals surface area contributed by atoms with Gasteiger partial charge in [-0.15, -0.1) is 0 Å². The Kier molecular flexibility index (Phi) is 5.31. The minimum Gasteiger partial charge on any atom is -0.465 e. The Morgan fingerprint density at radius 3 is 2.62 bits per heavy atom. The van der Waals surface area contributed by atoms with Crippen LogP contribution in [0.3, 0.4) is 0 Å². The number of methoxy groups -OCH3 is 1. The Labute approximate surface area is 120 Å². The van der Waals surface area contributed by atoms with E-state index >= 15 is 0 Å². The van der Waals surface area contributed by atoms with Gasteiger partial charge in [-0.2, -0.15) is 5.26 Å². The first-order valence-corrected chi connectivity index (χ1v) is 5.86. The minimum absolute atomic E-state index is 0.0333. The summed E-state index contributed by atoms with van der Waals surface area (Å²) in [5.74, 6) is -1.04. The standard InChI is InChI=1S/C14H12N2O5/c1-9(17)10(5-6-15)7-11-3-4-12(14(18)21-2)8-13(11)16(19)20/h3-4,7-8H,5H2,1-2H3/b10-7+. The van der Waals surface area contributed by atoms with Gasteiger partial charge in [0.1, 0.15) is 0 Å². The van der Waals surface area contributed by atoms with Crippen molar-refractivity contribution in [1.29, 1.82) is 5.26 Å². The largest absolute Gasteiger partial charge is 0.465 e. The third kappa shape index (κ3) is 3.98. The predicted molar refractivity (Wildman–Crippen MR) is 73.3 cm³/mol. The maximum Gasteiger partial charge on any atom is 0.338 e. The van der Waals surface area contributed by atoms with Crippen LogP contribution in [0.25, 0.3) is 6.08 Å². The fourth-order valence-electron chi connectivity index (χ4n) is 1.62. The molecule has 0 unspecified atom stereocenters. The molecule has 0 amide bonds. The number of ketones is 1. The van der Waals surface area contributed by atoms with Gasteiger partial charge in [-0.1, -0.05) is 0 Å². The molecule has 1 aromatic carbocycles. The third-order valence-electron chi connectivity index (χ3n) is 2.70. The van der Waals surface area contributed by atoms with E-state index in [4.69, 9.17) is 5.26 Å². The van der Waals surface area contributed by atoms with Gasteiger partial charge in [-0.25, -0.2) is 4.79 Å². The Balaban J connectivity index is 3.40.